The molecule has 0 bridgehead atoms. The van der Waals surface area contributed by atoms with E-state index in [0.717, 1.165) is 29.7 Å². The fraction of sp³-hybridized carbons (Fsp3) is 0.381. The first-order valence-corrected chi connectivity index (χ1v) is 8.79. The number of nitrogens with zero attached hydrogens (tertiary/aromatic N) is 2. The van der Waals surface area contributed by atoms with Crippen molar-refractivity contribution in [3.05, 3.63) is 71.0 Å². The third kappa shape index (κ3) is 4.02. The Kier molecular flexibility index (Phi) is 7.65. The number of allylic oxidation sites excluding steroid dienone is 4. The highest BCUT2D eigenvalue weighted by Crippen LogP contribution is 2.22. The molecule has 0 spiro atoms. The van der Waals surface area contributed by atoms with Crippen molar-refractivity contribution < 1.29 is 5.11 Å². The number of hydrogen-bond acceptors (Lipinski definition) is 2. The molecule has 1 N–H and O–H groups in total. The molecule has 0 aliphatic heterocycles. The van der Waals surface area contributed by atoms with Gasteiger partial charge in [0, 0.05) is 18.1 Å². The van der Waals surface area contributed by atoms with Gasteiger partial charge in [-0.1, -0.05) is 26.0 Å². The molecule has 1 atom stereocenters. The molecular weight excluding hydrogens is 312 g/mol. The van der Waals surface area contributed by atoms with Gasteiger partial charge >= 0.3 is 0 Å². The average Bonchev–Trinajstić information content (AvgIpc) is 2.93. The van der Waals surface area contributed by atoms with Crippen LogP contribution in [-0.2, 0) is 0 Å². The highest BCUT2D eigenvalue weighted by Gasteiger charge is 2.18. The number of aliphatic hydroxyl groups excluding tert-OH is 1. The van der Waals surface area contributed by atoms with Gasteiger partial charge in [0.05, 0.1) is 11.8 Å². The van der Waals surface area contributed by atoms with Gasteiger partial charge in [0.25, 0.3) is 5.56 Å². The molecule has 1 aliphatic rings. The fourth-order valence-corrected chi connectivity index (χ4v) is 2.87. The Hall–Kier alpha value is -2.33. The zero-order valence-electron chi connectivity index (χ0n) is 16.0. The molecule has 25 heavy (non-hydrogen) atoms. The van der Waals surface area contributed by atoms with Crippen molar-refractivity contribution in [3.8, 4) is 0 Å². The Morgan fingerprint density at radius 1 is 1.16 bits per heavy atom. The molecule has 2 aromatic heterocycles. The standard InChI is InChI=1S/C17H20N2O2.C2H6.C2H4/c1-11-9-18-10-15(13(3)20)19(14-7-5-4-6-8-14)17(21)16(18)12(11)2;2*1-2/h5,7-10,13,20H,4,6H2,1-3H3;1-2H3;1-2H2. The summed E-state index contributed by atoms with van der Waals surface area (Å²) in [6.45, 7) is 15.6. The molecule has 0 radical (unpaired) electrons. The van der Waals surface area contributed by atoms with Crippen molar-refractivity contribution in [2.45, 2.75) is 53.6 Å². The average molecular weight is 342 g/mol. The quantitative estimate of drug-likeness (QED) is 0.798. The number of hydrogen-bond donors (Lipinski definition) is 1. The summed E-state index contributed by atoms with van der Waals surface area (Å²) < 4.78 is 3.47. The molecule has 0 aromatic carbocycles. The third-order valence-electron chi connectivity index (χ3n) is 4.13. The molecule has 4 nitrogen and oxygen atoms in total. The van der Waals surface area contributed by atoms with Crippen molar-refractivity contribution in [2.75, 3.05) is 0 Å². The first-order chi connectivity index (χ1) is 12.0. The minimum absolute atomic E-state index is 0.0724. The van der Waals surface area contributed by atoms with Crippen molar-refractivity contribution in [2.24, 2.45) is 0 Å². The number of rotatable bonds is 2. The zero-order chi connectivity index (χ0) is 19.1. The maximum absolute atomic E-state index is 12.9. The number of fused-ring (bicyclic) bond motifs is 1. The van der Waals surface area contributed by atoms with Crippen LogP contribution in [0, 0.1) is 13.8 Å². The lowest BCUT2D eigenvalue weighted by molar-refractivity contribution is 0.191. The summed E-state index contributed by atoms with van der Waals surface area (Å²) in [4.78, 5) is 12.9. The van der Waals surface area contributed by atoms with E-state index < -0.39 is 6.10 Å². The Bertz CT molecular complexity index is 836. The van der Waals surface area contributed by atoms with Crippen LogP contribution < -0.4 is 5.56 Å². The summed E-state index contributed by atoms with van der Waals surface area (Å²) in [5, 5.41) is 10.1. The lowest BCUT2D eigenvalue weighted by Crippen LogP contribution is -2.26. The van der Waals surface area contributed by atoms with Crippen LogP contribution in [0.5, 0.6) is 0 Å². The van der Waals surface area contributed by atoms with E-state index in [9.17, 15) is 9.90 Å². The minimum atomic E-state index is -0.707. The summed E-state index contributed by atoms with van der Waals surface area (Å²) in [6.07, 6.45) is 11.1. The number of aromatic nitrogens is 2. The Morgan fingerprint density at radius 2 is 1.80 bits per heavy atom. The van der Waals surface area contributed by atoms with Crippen molar-refractivity contribution in [1.29, 1.82) is 0 Å². The van der Waals surface area contributed by atoms with Crippen LogP contribution in [0.1, 0.15) is 56.5 Å². The Labute approximate surface area is 150 Å². The lowest BCUT2D eigenvalue weighted by Gasteiger charge is -2.18. The predicted octanol–water partition coefficient (Wildman–Crippen LogP) is 4.79. The molecule has 1 unspecified atom stereocenters. The molecule has 0 saturated carbocycles. The summed E-state index contributed by atoms with van der Waals surface area (Å²) >= 11 is 0. The lowest BCUT2D eigenvalue weighted by atomic mass is 10.1. The molecule has 3 rings (SSSR count). The monoisotopic (exact) mass is 342 g/mol. The summed E-state index contributed by atoms with van der Waals surface area (Å²) in [5.41, 5.74) is 4.14. The zero-order valence-corrected chi connectivity index (χ0v) is 16.0. The first-order valence-electron chi connectivity index (χ1n) is 8.79. The van der Waals surface area contributed by atoms with Gasteiger partial charge in [-0.15, -0.1) is 13.2 Å². The van der Waals surface area contributed by atoms with E-state index in [2.05, 4.69) is 25.3 Å². The summed E-state index contributed by atoms with van der Waals surface area (Å²) in [7, 11) is 0. The maximum Gasteiger partial charge on any atom is 0.279 e. The Morgan fingerprint density at radius 3 is 2.32 bits per heavy atom. The number of aryl methyl sites for hydroxylation is 2. The van der Waals surface area contributed by atoms with E-state index in [0.29, 0.717) is 11.2 Å². The van der Waals surface area contributed by atoms with Gasteiger partial charge in [0.15, 0.2) is 0 Å². The summed E-state index contributed by atoms with van der Waals surface area (Å²) in [6, 6.07) is 0. The van der Waals surface area contributed by atoms with Crippen LogP contribution in [0.4, 0.5) is 0 Å². The van der Waals surface area contributed by atoms with Gasteiger partial charge in [-0.25, -0.2) is 0 Å². The molecule has 0 saturated heterocycles. The second-order valence-corrected chi connectivity index (χ2v) is 5.67. The molecule has 4 heteroatoms. The van der Waals surface area contributed by atoms with Gasteiger partial charge in [-0.2, -0.15) is 0 Å². The van der Waals surface area contributed by atoms with Gasteiger partial charge < -0.3 is 9.51 Å². The van der Waals surface area contributed by atoms with E-state index in [-0.39, 0.29) is 5.56 Å². The van der Waals surface area contributed by atoms with E-state index in [1.54, 1.807) is 11.5 Å². The minimum Gasteiger partial charge on any atom is -0.387 e. The molecule has 0 fully saturated rings. The van der Waals surface area contributed by atoms with Gasteiger partial charge in [0.1, 0.15) is 5.52 Å². The van der Waals surface area contributed by atoms with Crippen molar-refractivity contribution in [1.82, 2.24) is 8.97 Å². The van der Waals surface area contributed by atoms with Gasteiger partial charge in [-0.05, 0) is 50.8 Å². The van der Waals surface area contributed by atoms with Crippen LogP contribution in [0.15, 0.2) is 48.6 Å². The first kappa shape index (κ1) is 20.7. The van der Waals surface area contributed by atoms with Crippen molar-refractivity contribution >= 4 is 11.2 Å². The predicted molar refractivity (Wildman–Crippen MR) is 107 cm³/mol. The largest absolute Gasteiger partial charge is 0.387 e. The molecule has 0 amide bonds. The molecule has 1 aliphatic carbocycles. The second kappa shape index (κ2) is 9.23. The molecule has 136 valence electrons. The molecule has 2 aromatic rings. The normalized spacial score (nSPS) is 14.1. The number of aliphatic hydroxyl groups is 1. The van der Waals surface area contributed by atoms with Crippen LogP contribution in [0.25, 0.3) is 11.2 Å². The van der Waals surface area contributed by atoms with Crippen LogP contribution in [0.2, 0.25) is 0 Å². The third-order valence-corrected chi connectivity index (χ3v) is 4.13. The van der Waals surface area contributed by atoms with E-state index in [1.165, 1.54) is 0 Å². The smallest absolute Gasteiger partial charge is 0.279 e. The van der Waals surface area contributed by atoms with Gasteiger partial charge in [-0.3, -0.25) is 9.36 Å². The summed E-state index contributed by atoms with van der Waals surface area (Å²) in [5.74, 6) is 0. The highest BCUT2D eigenvalue weighted by atomic mass is 16.3. The molecular formula is C21H30N2O2. The van der Waals surface area contributed by atoms with Gasteiger partial charge in [0.2, 0.25) is 0 Å². The van der Waals surface area contributed by atoms with Crippen LogP contribution in [0.3, 0.4) is 0 Å². The SMILES string of the molecule is C=C.CC.Cc1cn2cc(C(C)O)n(C3=CCCC=C3)c(=O)c2c1C. The second-order valence-electron chi connectivity index (χ2n) is 5.67. The highest BCUT2D eigenvalue weighted by molar-refractivity contribution is 5.64. The van der Waals surface area contributed by atoms with E-state index >= 15 is 0 Å². The van der Waals surface area contributed by atoms with E-state index in [4.69, 9.17) is 0 Å². The fourth-order valence-electron chi connectivity index (χ4n) is 2.87. The maximum atomic E-state index is 12.9. The van der Waals surface area contributed by atoms with E-state index in [1.807, 2.05) is 50.6 Å². The van der Waals surface area contributed by atoms with Crippen LogP contribution in [-0.4, -0.2) is 14.1 Å². The topological polar surface area (TPSA) is 46.6 Å². The van der Waals surface area contributed by atoms with Crippen molar-refractivity contribution in [3.63, 3.8) is 0 Å². The Balaban J connectivity index is 0.000000730. The molecule has 2 heterocycles. The van der Waals surface area contributed by atoms with Crippen LogP contribution >= 0.6 is 0 Å².